The third-order valence-electron chi connectivity index (χ3n) is 8.52. The molecule has 0 unspecified atom stereocenters. The van der Waals surface area contributed by atoms with Gasteiger partial charge in [0.15, 0.2) is 0 Å². The molecule has 5 aromatic carbocycles. The van der Waals surface area contributed by atoms with Crippen LogP contribution in [0.5, 0.6) is 0 Å². The number of nitrogens with zero attached hydrogens (tertiary/aromatic N) is 2. The smallest absolute Gasteiger partial charge is 0.0541 e. The highest BCUT2D eigenvalue weighted by atomic mass is 15.0. The first-order valence-electron chi connectivity index (χ1n) is 14.3. The Hall–Kier alpha value is -4.30. The Morgan fingerprint density at radius 3 is 1.77 bits per heavy atom. The molecular formula is C38H36N2. The van der Waals surface area contributed by atoms with Gasteiger partial charge in [-0.2, -0.15) is 0 Å². The second kappa shape index (κ2) is 8.86. The molecular weight excluding hydrogens is 484 g/mol. The van der Waals surface area contributed by atoms with Crippen molar-refractivity contribution >= 4 is 43.6 Å². The molecule has 7 rings (SSSR count). The first-order valence-corrected chi connectivity index (χ1v) is 14.3. The summed E-state index contributed by atoms with van der Waals surface area (Å²) in [6.07, 6.45) is 0.973. The Labute approximate surface area is 236 Å². The van der Waals surface area contributed by atoms with Crippen LogP contribution in [0.25, 0.3) is 49.3 Å². The molecule has 0 radical (unpaired) electrons. The van der Waals surface area contributed by atoms with Crippen molar-refractivity contribution in [3.05, 3.63) is 126 Å². The zero-order valence-corrected chi connectivity index (χ0v) is 24.1. The second-order valence-corrected chi connectivity index (χ2v) is 12.9. The van der Waals surface area contributed by atoms with Crippen LogP contribution < -0.4 is 0 Å². The van der Waals surface area contributed by atoms with E-state index in [1.807, 2.05) is 0 Å². The average Bonchev–Trinajstić information content (AvgIpc) is 3.46. The van der Waals surface area contributed by atoms with Gasteiger partial charge in [0.1, 0.15) is 0 Å². The molecule has 0 saturated carbocycles. The summed E-state index contributed by atoms with van der Waals surface area (Å²) in [5.74, 6) is 0. The van der Waals surface area contributed by atoms with E-state index in [0.29, 0.717) is 0 Å². The highest BCUT2D eigenvalue weighted by Crippen LogP contribution is 2.38. The Balaban J connectivity index is 1.33. The van der Waals surface area contributed by atoms with Crippen LogP contribution in [0, 0.1) is 0 Å². The van der Waals surface area contributed by atoms with Gasteiger partial charge >= 0.3 is 0 Å². The first kappa shape index (κ1) is 24.7. The summed E-state index contributed by atoms with van der Waals surface area (Å²) in [4.78, 5) is 0. The zero-order valence-electron chi connectivity index (χ0n) is 24.1. The minimum Gasteiger partial charge on any atom is -0.335 e. The van der Waals surface area contributed by atoms with Crippen molar-refractivity contribution in [2.24, 2.45) is 0 Å². The van der Waals surface area contributed by atoms with Crippen molar-refractivity contribution in [1.82, 2.24) is 9.13 Å². The van der Waals surface area contributed by atoms with E-state index in [2.05, 4.69) is 159 Å². The molecule has 0 fully saturated rings. The summed E-state index contributed by atoms with van der Waals surface area (Å²) in [5, 5.41) is 5.30. The van der Waals surface area contributed by atoms with Crippen LogP contribution in [0.2, 0.25) is 0 Å². The monoisotopic (exact) mass is 520 g/mol. The molecule has 2 nitrogen and oxygen atoms in total. The van der Waals surface area contributed by atoms with Gasteiger partial charge in [-0.15, -0.1) is 0 Å². The van der Waals surface area contributed by atoms with Gasteiger partial charge in [-0.25, -0.2) is 0 Å². The van der Waals surface area contributed by atoms with E-state index < -0.39 is 0 Å². The first-order chi connectivity index (χ1) is 19.2. The van der Waals surface area contributed by atoms with E-state index in [1.54, 1.807) is 0 Å². The molecule has 0 N–H and O–H groups in total. The van der Waals surface area contributed by atoms with Crippen LogP contribution in [0.3, 0.4) is 0 Å². The summed E-state index contributed by atoms with van der Waals surface area (Å²) in [5.41, 5.74) is 9.05. The number of hydrogen-bond acceptors (Lipinski definition) is 0. The van der Waals surface area contributed by atoms with E-state index in [-0.39, 0.29) is 11.0 Å². The maximum absolute atomic E-state index is 2.49. The van der Waals surface area contributed by atoms with Crippen molar-refractivity contribution < 1.29 is 0 Å². The number of hydrogen-bond donors (Lipinski definition) is 0. The largest absolute Gasteiger partial charge is 0.335 e. The molecule has 2 aromatic heterocycles. The quantitative estimate of drug-likeness (QED) is 0.218. The van der Waals surface area contributed by atoms with Crippen LogP contribution in [0.1, 0.15) is 45.7 Å². The van der Waals surface area contributed by atoms with Gasteiger partial charge in [-0.1, -0.05) is 80.6 Å². The molecule has 0 spiro atoms. The number of rotatable bonds is 4. The summed E-state index contributed by atoms with van der Waals surface area (Å²) in [6, 6.07) is 42.5. The minimum absolute atomic E-state index is 0.0104. The Morgan fingerprint density at radius 2 is 1.05 bits per heavy atom. The molecule has 0 aliphatic heterocycles. The van der Waals surface area contributed by atoms with E-state index in [9.17, 15) is 0 Å². The lowest BCUT2D eigenvalue weighted by molar-refractivity contribution is 0.423. The SMILES string of the molecule is CC(C)(Cc1ccc2c(c1)c1ccccc1n2C(C)(C)C)c1ccc2c(c1)c1ccccc1n2-c1ccccc1. The molecule has 198 valence electrons. The normalized spacial score (nSPS) is 12.7. The van der Waals surface area contributed by atoms with Crippen molar-refractivity contribution in [2.75, 3.05) is 0 Å². The van der Waals surface area contributed by atoms with Crippen LogP contribution in [-0.2, 0) is 17.4 Å². The topological polar surface area (TPSA) is 9.86 Å². The standard InChI is InChI=1S/C38H36N2/c1-37(2,3)40-35-18-12-10-16-30(35)31-23-26(19-21-36(31)40)25-38(4,5)27-20-22-34-32(24-27)29-15-9-11-17-33(29)39(34)28-13-7-6-8-14-28/h6-24H,25H2,1-5H3. The molecule has 0 atom stereocenters. The fourth-order valence-electron chi connectivity index (χ4n) is 6.71. The van der Waals surface area contributed by atoms with Crippen molar-refractivity contribution in [3.63, 3.8) is 0 Å². The predicted octanol–water partition coefficient (Wildman–Crippen LogP) is 10.2. The van der Waals surface area contributed by atoms with Crippen molar-refractivity contribution in [1.29, 1.82) is 0 Å². The number of para-hydroxylation sites is 3. The summed E-state index contributed by atoms with van der Waals surface area (Å²) >= 11 is 0. The van der Waals surface area contributed by atoms with Gasteiger partial charge in [0.05, 0.1) is 11.0 Å². The van der Waals surface area contributed by atoms with E-state index in [1.165, 1.54) is 60.4 Å². The third-order valence-corrected chi connectivity index (χ3v) is 8.52. The highest BCUT2D eigenvalue weighted by molar-refractivity contribution is 6.10. The molecule has 2 heterocycles. The van der Waals surface area contributed by atoms with Gasteiger partial charge in [-0.05, 0) is 92.3 Å². The second-order valence-electron chi connectivity index (χ2n) is 12.9. The van der Waals surface area contributed by atoms with Gasteiger partial charge in [0, 0.05) is 43.8 Å². The molecule has 0 amide bonds. The Morgan fingerprint density at radius 1 is 0.500 bits per heavy atom. The van der Waals surface area contributed by atoms with Crippen molar-refractivity contribution in [3.8, 4) is 5.69 Å². The number of fused-ring (bicyclic) bond motifs is 6. The third kappa shape index (κ3) is 3.85. The van der Waals surface area contributed by atoms with Gasteiger partial charge in [0.2, 0.25) is 0 Å². The molecule has 2 heteroatoms. The van der Waals surface area contributed by atoms with Gasteiger partial charge in [-0.3, -0.25) is 0 Å². The Bertz CT molecular complexity index is 2030. The zero-order chi connectivity index (χ0) is 27.6. The molecule has 0 saturated heterocycles. The lowest BCUT2D eigenvalue weighted by atomic mass is 9.78. The molecule has 40 heavy (non-hydrogen) atoms. The van der Waals surface area contributed by atoms with Crippen LogP contribution >= 0.6 is 0 Å². The fourth-order valence-corrected chi connectivity index (χ4v) is 6.71. The average molecular weight is 521 g/mol. The predicted molar refractivity (Wildman–Crippen MR) is 172 cm³/mol. The van der Waals surface area contributed by atoms with Crippen molar-refractivity contribution in [2.45, 2.75) is 52.0 Å². The molecule has 0 aliphatic rings. The van der Waals surface area contributed by atoms with Gasteiger partial charge in [0.25, 0.3) is 0 Å². The van der Waals surface area contributed by atoms with Crippen LogP contribution in [0.15, 0.2) is 115 Å². The van der Waals surface area contributed by atoms with Gasteiger partial charge < -0.3 is 9.13 Å². The fraction of sp³-hybridized carbons (Fsp3) is 0.211. The molecule has 0 bridgehead atoms. The number of benzene rings is 5. The summed E-state index contributed by atoms with van der Waals surface area (Å²) < 4.78 is 4.88. The maximum Gasteiger partial charge on any atom is 0.0541 e. The molecule has 7 aromatic rings. The maximum atomic E-state index is 2.49. The van der Waals surface area contributed by atoms with Crippen LogP contribution in [-0.4, -0.2) is 9.13 Å². The minimum atomic E-state index is -0.0276. The van der Waals surface area contributed by atoms with E-state index in [0.717, 1.165) is 6.42 Å². The lowest BCUT2D eigenvalue weighted by Crippen LogP contribution is -2.21. The highest BCUT2D eigenvalue weighted by Gasteiger charge is 2.25. The Kier molecular flexibility index (Phi) is 5.47. The van der Waals surface area contributed by atoms with Crippen LogP contribution in [0.4, 0.5) is 0 Å². The molecule has 0 aliphatic carbocycles. The van der Waals surface area contributed by atoms with E-state index in [4.69, 9.17) is 0 Å². The van der Waals surface area contributed by atoms with E-state index >= 15 is 0 Å². The lowest BCUT2D eigenvalue weighted by Gasteiger charge is -2.26. The summed E-state index contributed by atoms with van der Waals surface area (Å²) in [7, 11) is 0. The number of aromatic nitrogens is 2. The summed E-state index contributed by atoms with van der Waals surface area (Å²) in [6.45, 7) is 11.6.